The van der Waals surface area contributed by atoms with Crippen molar-refractivity contribution in [3.8, 4) is 0 Å². The normalized spacial score (nSPS) is 28.3. The highest BCUT2D eigenvalue weighted by Gasteiger charge is 2.47. The summed E-state index contributed by atoms with van der Waals surface area (Å²) in [5.74, 6) is -0.395. The molecule has 59 heavy (non-hydrogen) atoms. The molecule has 344 valence electrons. The van der Waals surface area contributed by atoms with Crippen LogP contribution in [0.15, 0.2) is 36.5 Å². The molecule has 2 rings (SSSR count). The van der Waals surface area contributed by atoms with Crippen molar-refractivity contribution in [2.75, 3.05) is 33.0 Å². The summed E-state index contributed by atoms with van der Waals surface area (Å²) in [5, 5.41) is 71.6. The van der Waals surface area contributed by atoms with Crippen LogP contribution in [0.3, 0.4) is 0 Å². The standard InChI is InChI=1S/C45H80O14/c1-3-5-7-9-10-11-12-13-14-15-16-17-18-19-20-21-22-23-25-27-29-54-31-34(57-37(47)28-26-24-8-6-4-2)32-55-44-43(53)41(51)39(49)36(59-44)33-56-45-42(52)40(50)38(48)35(30-46)58-45/h10-11,13-14,16-17,34-36,38-46,48-53H,3-9,12,15,18-33H2,1-2H3/b11-10-,14-13-,17-16-. The summed E-state index contributed by atoms with van der Waals surface area (Å²) in [5.41, 5.74) is 0. The Morgan fingerprint density at radius 1 is 0.559 bits per heavy atom. The minimum atomic E-state index is -1.70. The predicted octanol–water partition coefficient (Wildman–Crippen LogP) is 5.07. The number of allylic oxidation sites excluding steroid dienone is 6. The maximum atomic E-state index is 12.7. The van der Waals surface area contributed by atoms with Gasteiger partial charge >= 0.3 is 5.97 Å². The van der Waals surface area contributed by atoms with E-state index in [1.165, 1.54) is 51.4 Å². The summed E-state index contributed by atoms with van der Waals surface area (Å²) in [7, 11) is 0. The molecule has 2 heterocycles. The fourth-order valence-electron chi connectivity index (χ4n) is 6.88. The van der Waals surface area contributed by atoms with Crippen LogP contribution in [0.1, 0.15) is 142 Å². The molecule has 0 aromatic heterocycles. The van der Waals surface area contributed by atoms with Gasteiger partial charge in [-0.25, -0.2) is 0 Å². The SMILES string of the molecule is CCCCC/C=C\C/C=C\C/C=C\CCCCCCCCCOCC(COC1OC(COC2OC(CO)C(O)C(O)C2O)C(O)C(O)C1O)OC(=O)CCCCCCC. The third-order valence-electron chi connectivity index (χ3n) is 10.7. The lowest BCUT2D eigenvalue weighted by molar-refractivity contribution is -0.332. The first-order valence-electron chi connectivity index (χ1n) is 22.6. The number of rotatable bonds is 34. The van der Waals surface area contributed by atoms with Crippen molar-refractivity contribution >= 4 is 5.97 Å². The average molecular weight is 845 g/mol. The molecule has 11 atom stereocenters. The Morgan fingerprint density at radius 3 is 1.68 bits per heavy atom. The quantitative estimate of drug-likeness (QED) is 0.0256. The molecule has 2 fully saturated rings. The minimum absolute atomic E-state index is 0.0543. The van der Waals surface area contributed by atoms with E-state index in [9.17, 15) is 40.5 Å². The van der Waals surface area contributed by atoms with E-state index in [4.69, 9.17) is 28.4 Å². The molecule has 0 bridgehead atoms. The van der Waals surface area contributed by atoms with Gasteiger partial charge in [-0.2, -0.15) is 0 Å². The van der Waals surface area contributed by atoms with Crippen LogP contribution in [-0.4, -0.2) is 142 Å². The summed E-state index contributed by atoms with van der Waals surface area (Å²) in [6, 6.07) is 0. The van der Waals surface area contributed by atoms with Crippen molar-refractivity contribution in [3.05, 3.63) is 36.5 Å². The molecule has 14 heteroatoms. The van der Waals surface area contributed by atoms with Gasteiger partial charge in [0.15, 0.2) is 12.6 Å². The Bertz CT molecular complexity index is 1120. The largest absolute Gasteiger partial charge is 0.457 e. The first-order chi connectivity index (χ1) is 28.6. The monoisotopic (exact) mass is 845 g/mol. The van der Waals surface area contributed by atoms with E-state index < -0.39 is 86.7 Å². The number of aliphatic hydroxyl groups is 7. The van der Waals surface area contributed by atoms with E-state index in [1.54, 1.807) is 0 Å². The molecule has 0 spiro atoms. The molecule has 2 saturated heterocycles. The van der Waals surface area contributed by atoms with Crippen LogP contribution in [0.4, 0.5) is 0 Å². The van der Waals surface area contributed by atoms with Crippen molar-refractivity contribution in [2.45, 2.75) is 210 Å². The maximum Gasteiger partial charge on any atom is 0.306 e. The van der Waals surface area contributed by atoms with Crippen molar-refractivity contribution in [1.29, 1.82) is 0 Å². The molecule has 14 nitrogen and oxygen atoms in total. The number of ether oxygens (including phenoxy) is 6. The van der Waals surface area contributed by atoms with Crippen LogP contribution in [0, 0.1) is 0 Å². The van der Waals surface area contributed by atoms with Crippen LogP contribution in [0.25, 0.3) is 0 Å². The van der Waals surface area contributed by atoms with Gasteiger partial charge in [-0.1, -0.05) is 121 Å². The van der Waals surface area contributed by atoms with Gasteiger partial charge in [-0.05, 0) is 51.4 Å². The van der Waals surface area contributed by atoms with Gasteiger partial charge in [0.1, 0.15) is 54.9 Å². The highest BCUT2D eigenvalue weighted by Crippen LogP contribution is 2.26. The summed E-state index contributed by atoms with van der Waals surface area (Å²) >= 11 is 0. The van der Waals surface area contributed by atoms with Gasteiger partial charge in [0.25, 0.3) is 0 Å². The summed E-state index contributed by atoms with van der Waals surface area (Å²) in [6.45, 7) is 3.52. The van der Waals surface area contributed by atoms with Crippen LogP contribution in [0.5, 0.6) is 0 Å². The van der Waals surface area contributed by atoms with Crippen molar-refractivity contribution in [1.82, 2.24) is 0 Å². The molecular formula is C45H80O14. The fraction of sp³-hybridized carbons (Fsp3) is 0.844. The van der Waals surface area contributed by atoms with Crippen LogP contribution >= 0.6 is 0 Å². The molecule has 0 aromatic rings. The van der Waals surface area contributed by atoms with Crippen molar-refractivity contribution < 1.29 is 69.0 Å². The Morgan fingerprint density at radius 2 is 1.05 bits per heavy atom. The Hall–Kier alpha value is -1.79. The average Bonchev–Trinajstić information content (AvgIpc) is 3.23. The first kappa shape index (κ1) is 53.3. The van der Waals surface area contributed by atoms with Crippen molar-refractivity contribution in [3.63, 3.8) is 0 Å². The van der Waals surface area contributed by atoms with E-state index >= 15 is 0 Å². The second kappa shape index (κ2) is 33.8. The lowest BCUT2D eigenvalue weighted by atomic mass is 9.98. The molecule has 0 radical (unpaired) electrons. The number of carbonyl (C=O) groups is 1. The van der Waals surface area contributed by atoms with E-state index in [1.807, 2.05) is 0 Å². The topological polar surface area (TPSA) is 214 Å². The zero-order chi connectivity index (χ0) is 43.1. The second-order valence-corrected chi connectivity index (χ2v) is 15.9. The van der Waals surface area contributed by atoms with E-state index in [2.05, 4.69) is 50.3 Å². The minimum Gasteiger partial charge on any atom is -0.457 e. The number of hydrogen-bond donors (Lipinski definition) is 7. The Labute approximate surface area is 353 Å². The number of carbonyl (C=O) groups excluding carboxylic acids is 1. The number of esters is 1. The van der Waals surface area contributed by atoms with Crippen LogP contribution in [0.2, 0.25) is 0 Å². The highest BCUT2D eigenvalue weighted by atomic mass is 16.7. The van der Waals surface area contributed by atoms with E-state index in [-0.39, 0.29) is 19.6 Å². The molecule has 0 aromatic carbocycles. The summed E-state index contributed by atoms with van der Waals surface area (Å²) < 4.78 is 33.9. The zero-order valence-electron chi connectivity index (χ0n) is 36.0. The van der Waals surface area contributed by atoms with Crippen molar-refractivity contribution in [2.24, 2.45) is 0 Å². The van der Waals surface area contributed by atoms with Gasteiger partial charge in [-0.15, -0.1) is 0 Å². The van der Waals surface area contributed by atoms with Gasteiger partial charge in [0, 0.05) is 13.0 Å². The van der Waals surface area contributed by atoms with Gasteiger partial charge in [0.05, 0.1) is 26.4 Å². The smallest absolute Gasteiger partial charge is 0.306 e. The lowest BCUT2D eigenvalue weighted by Gasteiger charge is -2.42. The third kappa shape index (κ3) is 22.8. The van der Waals surface area contributed by atoms with Gasteiger partial charge in [-0.3, -0.25) is 4.79 Å². The van der Waals surface area contributed by atoms with E-state index in [0.29, 0.717) is 13.0 Å². The highest BCUT2D eigenvalue weighted by molar-refractivity contribution is 5.69. The molecule has 11 unspecified atom stereocenters. The number of hydrogen-bond acceptors (Lipinski definition) is 14. The zero-order valence-corrected chi connectivity index (χ0v) is 36.0. The van der Waals surface area contributed by atoms with Crippen LogP contribution < -0.4 is 0 Å². The molecular weight excluding hydrogens is 764 g/mol. The van der Waals surface area contributed by atoms with Gasteiger partial charge < -0.3 is 64.2 Å². The molecule has 0 saturated carbocycles. The first-order valence-corrected chi connectivity index (χ1v) is 22.6. The van der Waals surface area contributed by atoms with Gasteiger partial charge in [0.2, 0.25) is 0 Å². The van der Waals surface area contributed by atoms with Crippen LogP contribution in [-0.2, 0) is 33.2 Å². The molecule has 2 aliphatic rings. The summed E-state index contributed by atoms with van der Waals surface area (Å²) in [6.07, 6.45) is 18.4. The fourth-order valence-corrected chi connectivity index (χ4v) is 6.88. The Balaban J connectivity index is 1.72. The summed E-state index contributed by atoms with van der Waals surface area (Å²) in [4.78, 5) is 12.7. The van der Waals surface area contributed by atoms with E-state index in [0.717, 1.165) is 64.2 Å². The number of unbranched alkanes of at least 4 members (excludes halogenated alkanes) is 14. The predicted molar refractivity (Wildman–Crippen MR) is 224 cm³/mol. The molecule has 0 aliphatic carbocycles. The second-order valence-electron chi connectivity index (χ2n) is 15.9. The maximum absolute atomic E-state index is 12.7. The third-order valence-corrected chi connectivity index (χ3v) is 10.7. The lowest BCUT2D eigenvalue weighted by Crippen LogP contribution is -2.61. The number of aliphatic hydroxyl groups excluding tert-OH is 7. The molecule has 7 N–H and O–H groups in total. The Kier molecular flexibility index (Phi) is 30.6. The molecule has 0 amide bonds. The molecule has 2 aliphatic heterocycles.